The average molecular weight is 257 g/mol. The molecular weight excluding hydrogens is 230 g/mol. The summed E-state index contributed by atoms with van der Waals surface area (Å²) in [6.45, 7) is 7.85. The summed E-state index contributed by atoms with van der Waals surface area (Å²) in [5, 5.41) is 14.8. The lowest BCUT2D eigenvalue weighted by atomic mass is 9.80. The first-order valence-electron chi connectivity index (χ1n) is 6.77. The smallest absolute Gasteiger partial charge is 0.234 e. The number of rotatable bonds is 8. The van der Waals surface area contributed by atoms with E-state index in [9.17, 15) is 4.79 Å². The highest BCUT2D eigenvalue weighted by Gasteiger charge is 2.40. The molecule has 0 bridgehead atoms. The molecule has 0 radical (unpaired) electrons. The van der Waals surface area contributed by atoms with Gasteiger partial charge in [0.25, 0.3) is 0 Å². The van der Waals surface area contributed by atoms with Crippen molar-refractivity contribution in [2.75, 3.05) is 0 Å². The summed E-state index contributed by atoms with van der Waals surface area (Å²) in [5.41, 5.74) is 4.80. The Morgan fingerprint density at radius 1 is 1.39 bits per heavy atom. The predicted octanol–water partition coefficient (Wildman–Crippen LogP) is 2.23. The maximum absolute atomic E-state index is 12.3. The van der Waals surface area contributed by atoms with E-state index in [0.29, 0.717) is 12.8 Å². The molecule has 0 aliphatic carbocycles. The third-order valence-corrected chi connectivity index (χ3v) is 3.61. The number of amidine groups is 1. The van der Waals surface area contributed by atoms with Gasteiger partial charge in [-0.05, 0) is 26.2 Å². The molecule has 0 rings (SSSR count). The second kappa shape index (κ2) is 7.95. The second-order valence-electron chi connectivity index (χ2n) is 4.79. The van der Waals surface area contributed by atoms with Gasteiger partial charge in [-0.3, -0.25) is 4.79 Å². The Morgan fingerprint density at radius 2 is 1.94 bits per heavy atom. The van der Waals surface area contributed by atoms with Crippen molar-refractivity contribution in [3.05, 3.63) is 0 Å². The molecule has 0 saturated carbocycles. The van der Waals surface area contributed by atoms with E-state index in [1.54, 1.807) is 0 Å². The molecule has 0 aliphatic heterocycles. The van der Waals surface area contributed by atoms with Crippen molar-refractivity contribution in [3.8, 4) is 0 Å². The molecular formula is C13H27N3O2. The van der Waals surface area contributed by atoms with Gasteiger partial charge in [0.05, 0.1) is 0 Å². The van der Waals surface area contributed by atoms with Gasteiger partial charge in [0.1, 0.15) is 5.41 Å². The molecule has 1 atom stereocenters. The lowest BCUT2D eigenvalue weighted by molar-refractivity contribution is -0.128. The quantitative estimate of drug-likeness (QED) is 0.270. The van der Waals surface area contributed by atoms with Gasteiger partial charge >= 0.3 is 0 Å². The van der Waals surface area contributed by atoms with Crippen LogP contribution in [0.2, 0.25) is 0 Å². The molecule has 0 aromatic heterocycles. The SMILES string of the molecule is CCCCC(C)NC(=O)C(CC)(CC)C(N)=NO. The zero-order valence-corrected chi connectivity index (χ0v) is 12.0. The molecule has 106 valence electrons. The number of amides is 1. The molecule has 0 aromatic carbocycles. The summed E-state index contributed by atoms with van der Waals surface area (Å²) in [6, 6.07) is 0.112. The minimum absolute atomic E-state index is 0.00677. The van der Waals surface area contributed by atoms with Crippen molar-refractivity contribution in [1.29, 1.82) is 0 Å². The average Bonchev–Trinajstić information content (AvgIpc) is 2.37. The number of unbranched alkanes of at least 4 members (excludes halogenated alkanes) is 1. The van der Waals surface area contributed by atoms with Crippen LogP contribution in [0.25, 0.3) is 0 Å². The first-order chi connectivity index (χ1) is 8.48. The Bertz CT molecular complexity index is 286. The first kappa shape index (κ1) is 16.7. The van der Waals surface area contributed by atoms with Gasteiger partial charge in [-0.15, -0.1) is 0 Å². The number of hydrogen-bond donors (Lipinski definition) is 3. The standard InChI is InChI=1S/C13H27N3O2/c1-5-8-9-10(4)15-12(17)13(6-2,7-3)11(14)16-18/h10,18H,5-9H2,1-4H3,(H2,14,16)(H,15,17). The van der Waals surface area contributed by atoms with E-state index in [0.717, 1.165) is 19.3 Å². The van der Waals surface area contributed by atoms with Gasteiger partial charge < -0.3 is 16.3 Å². The molecule has 4 N–H and O–H groups in total. The molecule has 0 aromatic rings. The highest BCUT2D eigenvalue weighted by atomic mass is 16.4. The molecule has 5 nitrogen and oxygen atoms in total. The van der Waals surface area contributed by atoms with Crippen molar-refractivity contribution in [3.63, 3.8) is 0 Å². The molecule has 5 heteroatoms. The zero-order valence-electron chi connectivity index (χ0n) is 12.0. The zero-order chi connectivity index (χ0) is 14.2. The lowest BCUT2D eigenvalue weighted by Crippen LogP contribution is -2.51. The number of carbonyl (C=O) groups is 1. The van der Waals surface area contributed by atoms with Crippen LogP contribution in [0.1, 0.15) is 59.8 Å². The van der Waals surface area contributed by atoms with Crippen LogP contribution in [-0.2, 0) is 4.79 Å². The summed E-state index contributed by atoms with van der Waals surface area (Å²) in [5.74, 6) is -0.154. The normalized spacial score (nSPS) is 14.3. The monoisotopic (exact) mass is 257 g/mol. The van der Waals surface area contributed by atoms with Crippen LogP contribution in [0, 0.1) is 5.41 Å². The predicted molar refractivity (Wildman–Crippen MR) is 73.6 cm³/mol. The largest absolute Gasteiger partial charge is 0.409 e. The molecule has 0 fully saturated rings. The van der Waals surface area contributed by atoms with Crippen molar-refractivity contribution >= 4 is 11.7 Å². The van der Waals surface area contributed by atoms with Crippen molar-refractivity contribution in [1.82, 2.24) is 5.32 Å². The molecule has 0 saturated heterocycles. The summed E-state index contributed by atoms with van der Waals surface area (Å²) in [7, 11) is 0. The molecule has 1 amide bonds. The Kier molecular flexibility index (Phi) is 7.39. The van der Waals surface area contributed by atoms with Crippen LogP contribution >= 0.6 is 0 Å². The third-order valence-electron chi connectivity index (χ3n) is 3.61. The van der Waals surface area contributed by atoms with Crippen LogP contribution in [-0.4, -0.2) is 23.0 Å². The topological polar surface area (TPSA) is 87.7 Å². The van der Waals surface area contributed by atoms with Gasteiger partial charge in [0, 0.05) is 6.04 Å². The third kappa shape index (κ3) is 3.89. The Hall–Kier alpha value is -1.26. The van der Waals surface area contributed by atoms with E-state index < -0.39 is 5.41 Å². The number of nitrogens with zero attached hydrogens (tertiary/aromatic N) is 1. The maximum Gasteiger partial charge on any atom is 0.234 e. The fourth-order valence-corrected chi connectivity index (χ4v) is 2.09. The number of nitrogens with two attached hydrogens (primary N) is 1. The molecule has 1 unspecified atom stereocenters. The summed E-state index contributed by atoms with van der Waals surface area (Å²) in [6.07, 6.45) is 4.17. The van der Waals surface area contributed by atoms with E-state index in [-0.39, 0.29) is 17.8 Å². The molecule has 0 heterocycles. The number of nitrogens with one attached hydrogen (secondary N) is 1. The fourth-order valence-electron chi connectivity index (χ4n) is 2.09. The van der Waals surface area contributed by atoms with Gasteiger partial charge in [-0.1, -0.05) is 38.8 Å². The van der Waals surface area contributed by atoms with Crippen LogP contribution < -0.4 is 11.1 Å². The van der Waals surface area contributed by atoms with Crippen LogP contribution in [0.4, 0.5) is 0 Å². The van der Waals surface area contributed by atoms with Crippen molar-refractivity contribution in [2.45, 2.75) is 65.8 Å². The maximum atomic E-state index is 12.3. The number of hydrogen-bond acceptors (Lipinski definition) is 3. The van der Waals surface area contributed by atoms with Crippen LogP contribution in [0.5, 0.6) is 0 Å². The highest BCUT2D eigenvalue weighted by molar-refractivity contribution is 6.06. The Labute approximate surface area is 110 Å². The van der Waals surface area contributed by atoms with E-state index >= 15 is 0 Å². The first-order valence-corrected chi connectivity index (χ1v) is 6.77. The highest BCUT2D eigenvalue weighted by Crippen LogP contribution is 2.27. The minimum Gasteiger partial charge on any atom is -0.409 e. The van der Waals surface area contributed by atoms with E-state index in [1.807, 2.05) is 20.8 Å². The van der Waals surface area contributed by atoms with E-state index in [2.05, 4.69) is 17.4 Å². The summed E-state index contributed by atoms with van der Waals surface area (Å²) in [4.78, 5) is 12.3. The van der Waals surface area contributed by atoms with Gasteiger partial charge in [-0.25, -0.2) is 0 Å². The van der Waals surface area contributed by atoms with Gasteiger partial charge in [0.15, 0.2) is 5.84 Å². The molecule has 0 spiro atoms. The minimum atomic E-state index is -0.894. The van der Waals surface area contributed by atoms with E-state index in [4.69, 9.17) is 10.9 Å². The van der Waals surface area contributed by atoms with Gasteiger partial charge in [-0.2, -0.15) is 0 Å². The van der Waals surface area contributed by atoms with Crippen molar-refractivity contribution in [2.24, 2.45) is 16.3 Å². The Morgan fingerprint density at radius 3 is 2.33 bits per heavy atom. The molecule has 0 aliphatic rings. The molecule has 18 heavy (non-hydrogen) atoms. The fraction of sp³-hybridized carbons (Fsp3) is 0.846. The Balaban J connectivity index is 4.78. The van der Waals surface area contributed by atoms with Crippen molar-refractivity contribution < 1.29 is 10.0 Å². The summed E-state index contributed by atoms with van der Waals surface area (Å²) >= 11 is 0. The van der Waals surface area contributed by atoms with Crippen LogP contribution in [0.15, 0.2) is 5.16 Å². The number of carbonyl (C=O) groups excluding carboxylic acids is 1. The lowest BCUT2D eigenvalue weighted by Gasteiger charge is -2.30. The number of oxime groups is 1. The summed E-state index contributed by atoms with van der Waals surface area (Å²) < 4.78 is 0. The van der Waals surface area contributed by atoms with Crippen LogP contribution in [0.3, 0.4) is 0 Å². The van der Waals surface area contributed by atoms with Gasteiger partial charge in [0.2, 0.25) is 5.91 Å². The second-order valence-corrected chi connectivity index (χ2v) is 4.79. The van der Waals surface area contributed by atoms with E-state index in [1.165, 1.54) is 0 Å².